The fourth-order valence-corrected chi connectivity index (χ4v) is 3.08. The molecule has 8 heteroatoms. The van der Waals surface area contributed by atoms with Gasteiger partial charge in [0.05, 0.1) is 11.3 Å². The number of alkyl halides is 3. The third-order valence-corrected chi connectivity index (χ3v) is 4.55. The highest BCUT2D eigenvalue weighted by molar-refractivity contribution is 5.82. The minimum absolute atomic E-state index is 0.273. The number of benzene rings is 1. The molecule has 25 heavy (non-hydrogen) atoms. The van der Waals surface area contributed by atoms with Crippen molar-refractivity contribution in [3.05, 3.63) is 29.8 Å². The minimum atomic E-state index is -4.41. The molecule has 5 N–H and O–H groups in total. The molecular weight excluding hydrogens is 335 g/mol. The zero-order chi connectivity index (χ0) is 18.4. The molecule has 5 nitrogen and oxygen atoms in total. The summed E-state index contributed by atoms with van der Waals surface area (Å²) in [5.74, 6) is -0.280. The third kappa shape index (κ3) is 5.89. The van der Waals surface area contributed by atoms with Gasteiger partial charge in [-0.15, -0.1) is 0 Å². The number of halogens is 3. The van der Waals surface area contributed by atoms with E-state index in [1.807, 2.05) is 0 Å². The normalized spacial score (nSPS) is 18.4. The van der Waals surface area contributed by atoms with Crippen molar-refractivity contribution in [3.63, 3.8) is 0 Å². The van der Waals surface area contributed by atoms with Crippen LogP contribution in [-0.4, -0.2) is 23.2 Å². The summed E-state index contributed by atoms with van der Waals surface area (Å²) in [5, 5.41) is 10.0. The lowest BCUT2D eigenvalue weighted by Gasteiger charge is -2.26. The molecule has 2 atom stereocenters. The molecule has 0 bridgehead atoms. The topological polar surface area (TPSA) is 87.4 Å². The number of amides is 1. The molecule has 1 aliphatic rings. The molecule has 1 saturated carbocycles. The smallest absolute Gasteiger partial charge is 0.382 e. The van der Waals surface area contributed by atoms with Crippen LogP contribution in [0, 0.1) is 5.92 Å². The van der Waals surface area contributed by atoms with Crippen LogP contribution in [0.4, 0.5) is 18.9 Å². The summed E-state index contributed by atoms with van der Waals surface area (Å²) in [6.45, 7) is 0. The first-order chi connectivity index (χ1) is 11.8. The number of hydrogen-bond acceptors (Lipinski definition) is 4. The maximum Gasteiger partial charge on any atom is 0.416 e. The second-order valence-corrected chi connectivity index (χ2v) is 6.54. The summed E-state index contributed by atoms with van der Waals surface area (Å²) in [4.78, 5) is 11.9. The van der Waals surface area contributed by atoms with Gasteiger partial charge in [0, 0.05) is 6.04 Å². The van der Waals surface area contributed by atoms with E-state index in [0.29, 0.717) is 12.3 Å². The van der Waals surface area contributed by atoms with Gasteiger partial charge in [-0.2, -0.15) is 13.2 Å². The average Bonchev–Trinajstić information content (AvgIpc) is 2.59. The highest BCUT2D eigenvalue weighted by Gasteiger charge is 2.30. The minimum Gasteiger partial charge on any atom is -0.382 e. The Labute approximate surface area is 144 Å². The second-order valence-electron chi connectivity index (χ2n) is 6.54. The number of nitrogens with two attached hydrogens (primary N) is 1. The Kier molecular flexibility index (Phi) is 6.66. The summed E-state index contributed by atoms with van der Waals surface area (Å²) in [5.41, 5.74) is 10.2. The Balaban J connectivity index is 1.80. The van der Waals surface area contributed by atoms with Crippen molar-refractivity contribution in [2.45, 2.75) is 56.8 Å². The number of hydrogen-bond donors (Lipinski definition) is 4. The molecule has 0 heterocycles. The molecule has 2 rings (SSSR count). The van der Waals surface area contributed by atoms with Gasteiger partial charge in [-0.05, 0) is 36.6 Å². The van der Waals surface area contributed by atoms with Crippen molar-refractivity contribution in [3.8, 4) is 0 Å². The average molecular weight is 359 g/mol. The number of aliphatic hydroxyl groups is 1. The van der Waals surface area contributed by atoms with Crippen LogP contribution in [0.2, 0.25) is 0 Å². The largest absolute Gasteiger partial charge is 0.416 e. The predicted molar refractivity (Wildman–Crippen MR) is 88.4 cm³/mol. The Bertz CT molecular complexity index is 557. The van der Waals surface area contributed by atoms with Crippen LogP contribution in [-0.2, 0) is 11.0 Å². The first kappa shape index (κ1) is 19.5. The maximum absolute atomic E-state index is 12.5. The van der Waals surface area contributed by atoms with Crippen molar-refractivity contribution in [1.82, 2.24) is 5.43 Å². The van der Waals surface area contributed by atoms with E-state index in [9.17, 15) is 23.1 Å². The Hall–Kier alpha value is -1.80. The molecule has 0 aliphatic heterocycles. The van der Waals surface area contributed by atoms with Crippen molar-refractivity contribution in [2.24, 2.45) is 11.7 Å². The number of rotatable bonds is 6. The fourth-order valence-electron chi connectivity index (χ4n) is 3.08. The summed E-state index contributed by atoms with van der Waals surface area (Å²) in [6.07, 6.45) is 0.427. The first-order valence-corrected chi connectivity index (χ1v) is 8.44. The third-order valence-electron chi connectivity index (χ3n) is 4.55. The molecule has 2 unspecified atom stereocenters. The van der Waals surface area contributed by atoms with E-state index in [4.69, 9.17) is 5.73 Å². The molecular formula is C17H24F3N3O2. The van der Waals surface area contributed by atoms with Crippen LogP contribution in [0.25, 0.3) is 0 Å². The van der Waals surface area contributed by atoms with Gasteiger partial charge in [0.15, 0.2) is 0 Å². The number of carbonyl (C=O) groups is 1. The monoisotopic (exact) mass is 359 g/mol. The summed E-state index contributed by atoms with van der Waals surface area (Å²) in [7, 11) is 0. The molecule has 1 fully saturated rings. The predicted octanol–water partition coefficient (Wildman–Crippen LogP) is 2.81. The van der Waals surface area contributed by atoms with Crippen LogP contribution in [0.3, 0.4) is 0 Å². The molecule has 0 aromatic heterocycles. The molecule has 1 aromatic rings. The van der Waals surface area contributed by atoms with E-state index in [0.717, 1.165) is 37.8 Å². The van der Waals surface area contributed by atoms with Crippen molar-refractivity contribution in [1.29, 1.82) is 0 Å². The lowest BCUT2D eigenvalue weighted by atomic mass is 9.84. The second kappa shape index (κ2) is 8.53. The van der Waals surface area contributed by atoms with Gasteiger partial charge in [0.25, 0.3) is 5.91 Å². The van der Waals surface area contributed by atoms with Gasteiger partial charge in [0.1, 0.15) is 6.10 Å². The summed E-state index contributed by atoms with van der Waals surface area (Å²) >= 11 is 0. The van der Waals surface area contributed by atoms with Gasteiger partial charge in [-0.3, -0.25) is 15.6 Å². The molecule has 0 spiro atoms. The zero-order valence-electron chi connectivity index (χ0n) is 13.9. The Morgan fingerprint density at radius 1 is 1.20 bits per heavy atom. The van der Waals surface area contributed by atoms with Gasteiger partial charge >= 0.3 is 6.18 Å². The molecule has 0 radical (unpaired) electrons. The first-order valence-electron chi connectivity index (χ1n) is 8.44. The van der Waals surface area contributed by atoms with Crippen LogP contribution >= 0.6 is 0 Å². The molecule has 0 saturated heterocycles. The van der Waals surface area contributed by atoms with Crippen LogP contribution in [0.1, 0.15) is 44.1 Å². The van der Waals surface area contributed by atoms with E-state index in [2.05, 4.69) is 10.9 Å². The van der Waals surface area contributed by atoms with Crippen molar-refractivity contribution in [2.75, 3.05) is 5.43 Å². The molecule has 1 aromatic carbocycles. The van der Waals surface area contributed by atoms with Crippen LogP contribution in [0.5, 0.6) is 0 Å². The Morgan fingerprint density at radius 2 is 1.80 bits per heavy atom. The zero-order valence-corrected chi connectivity index (χ0v) is 13.9. The van der Waals surface area contributed by atoms with E-state index in [1.165, 1.54) is 18.6 Å². The number of aliphatic hydroxyl groups excluding tert-OH is 1. The summed E-state index contributed by atoms with van der Waals surface area (Å²) < 4.78 is 37.5. The Morgan fingerprint density at radius 3 is 2.36 bits per heavy atom. The number of nitrogens with one attached hydrogen (secondary N) is 2. The highest BCUT2D eigenvalue weighted by atomic mass is 19.4. The van der Waals surface area contributed by atoms with Gasteiger partial charge in [-0.25, -0.2) is 0 Å². The van der Waals surface area contributed by atoms with Crippen molar-refractivity contribution >= 4 is 11.6 Å². The summed E-state index contributed by atoms with van der Waals surface area (Å²) in [6, 6.07) is 3.52. The van der Waals surface area contributed by atoms with Crippen LogP contribution in [0.15, 0.2) is 24.3 Å². The molecule has 1 amide bonds. The van der Waals surface area contributed by atoms with Crippen molar-refractivity contribution < 1.29 is 23.1 Å². The van der Waals surface area contributed by atoms with Gasteiger partial charge in [-0.1, -0.05) is 32.1 Å². The van der Waals surface area contributed by atoms with E-state index in [1.54, 1.807) is 0 Å². The highest BCUT2D eigenvalue weighted by Crippen LogP contribution is 2.30. The standard InChI is InChI=1S/C17H24F3N3O2/c18-17(19,20)12-6-8-13(9-7-12)22-23-16(25)15(24)14(21)10-11-4-2-1-3-5-11/h6-9,11,14-15,22,24H,1-5,10,21H2,(H,23,25). The van der Waals surface area contributed by atoms with E-state index in [-0.39, 0.29) is 5.69 Å². The number of carbonyl (C=O) groups excluding carboxylic acids is 1. The molecule has 1 aliphatic carbocycles. The maximum atomic E-state index is 12.5. The van der Waals surface area contributed by atoms with Crippen LogP contribution < -0.4 is 16.6 Å². The lowest BCUT2D eigenvalue weighted by Crippen LogP contribution is -2.48. The SMILES string of the molecule is NC(CC1CCCCC1)C(O)C(=O)NNc1ccc(C(F)(F)F)cc1. The number of hydrazine groups is 1. The molecule has 140 valence electrons. The lowest BCUT2D eigenvalue weighted by molar-refractivity contribution is -0.137. The van der Waals surface area contributed by atoms with E-state index < -0.39 is 29.8 Å². The fraction of sp³-hybridized carbons (Fsp3) is 0.588. The number of anilines is 1. The quantitative estimate of drug-likeness (QED) is 0.588. The van der Waals surface area contributed by atoms with Gasteiger partial charge < -0.3 is 10.8 Å². The van der Waals surface area contributed by atoms with E-state index >= 15 is 0 Å². The van der Waals surface area contributed by atoms with Gasteiger partial charge in [0.2, 0.25) is 0 Å².